The van der Waals surface area contributed by atoms with Crippen LogP contribution >= 0.6 is 0 Å². The van der Waals surface area contributed by atoms with Crippen LogP contribution in [0, 0.1) is 4.91 Å². The second-order valence-corrected chi connectivity index (χ2v) is 3.06. The Bertz CT molecular complexity index is 435. The molecule has 0 fully saturated rings. The van der Waals surface area contributed by atoms with E-state index in [1.807, 2.05) is 18.2 Å². The van der Waals surface area contributed by atoms with Crippen LogP contribution in [0.4, 0.5) is 0 Å². The third-order valence-corrected chi connectivity index (χ3v) is 2.16. The standard InChI is InChI=1S/C10H8N2O2/c1-7-9(10(13)11-12(7)14)8-5-3-2-4-6-8/h2-6H,1H3/p+1. The largest absolute Gasteiger partial charge is 0.317 e. The van der Waals surface area contributed by atoms with E-state index >= 15 is 0 Å². The van der Waals surface area contributed by atoms with E-state index in [-0.39, 0.29) is 5.91 Å². The molecular formula is C10H9N2O2+. The summed E-state index contributed by atoms with van der Waals surface area (Å²) in [5.41, 5.74) is 3.79. The first-order valence-electron chi connectivity index (χ1n) is 4.24. The Morgan fingerprint density at radius 1 is 1.21 bits per heavy atom. The number of nitrogens with zero attached hydrogens (tertiary/aromatic N) is 1. The Morgan fingerprint density at radius 2 is 1.86 bits per heavy atom. The van der Waals surface area contributed by atoms with Gasteiger partial charge in [0.25, 0.3) is 5.70 Å². The highest BCUT2D eigenvalue weighted by atomic mass is 16.3. The van der Waals surface area contributed by atoms with Gasteiger partial charge in [0.2, 0.25) is 0 Å². The van der Waals surface area contributed by atoms with Crippen molar-refractivity contribution < 1.29 is 9.66 Å². The fraction of sp³-hybridized carbons (Fsp3) is 0.100. The van der Waals surface area contributed by atoms with Crippen molar-refractivity contribution in [1.29, 1.82) is 0 Å². The molecule has 1 amide bonds. The van der Waals surface area contributed by atoms with Crippen LogP contribution < -0.4 is 5.43 Å². The molecule has 0 saturated carbocycles. The van der Waals surface area contributed by atoms with Crippen molar-refractivity contribution in [2.45, 2.75) is 6.92 Å². The van der Waals surface area contributed by atoms with Crippen molar-refractivity contribution in [3.8, 4) is 0 Å². The minimum atomic E-state index is -0.344. The van der Waals surface area contributed by atoms with Gasteiger partial charge in [-0.2, -0.15) is 0 Å². The highest BCUT2D eigenvalue weighted by Gasteiger charge is 2.35. The van der Waals surface area contributed by atoms with Crippen LogP contribution in [0.5, 0.6) is 0 Å². The van der Waals surface area contributed by atoms with Crippen molar-refractivity contribution in [2.24, 2.45) is 0 Å². The fourth-order valence-electron chi connectivity index (χ4n) is 1.44. The van der Waals surface area contributed by atoms with E-state index in [1.54, 1.807) is 19.1 Å². The van der Waals surface area contributed by atoms with Crippen LogP contribution in [-0.4, -0.2) is 10.8 Å². The maximum absolute atomic E-state index is 11.4. The van der Waals surface area contributed by atoms with Gasteiger partial charge in [-0.25, -0.2) is 0 Å². The minimum absolute atomic E-state index is 0.344. The first kappa shape index (κ1) is 8.62. The average molecular weight is 189 g/mol. The maximum atomic E-state index is 11.4. The number of nitrogens with one attached hydrogen (secondary N) is 1. The molecule has 1 aromatic carbocycles. The summed E-state index contributed by atoms with van der Waals surface area (Å²) in [6.07, 6.45) is 0. The number of hydrazine groups is 1. The number of allylic oxidation sites excluding steroid dienone is 1. The molecule has 0 aliphatic carbocycles. The molecule has 1 aliphatic heterocycles. The Hall–Kier alpha value is -1.97. The summed E-state index contributed by atoms with van der Waals surface area (Å²) in [5, 5.41) is 0. The van der Waals surface area contributed by atoms with Crippen molar-refractivity contribution >= 4 is 11.5 Å². The van der Waals surface area contributed by atoms with E-state index in [2.05, 4.69) is 5.43 Å². The van der Waals surface area contributed by atoms with Crippen LogP contribution in [0.3, 0.4) is 0 Å². The van der Waals surface area contributed by atoms with E-state index in [4.69, 9.17) is 0 Å². The molecular weight excluding hydrogens is 180 g/mol. The van der Waals surface area contributed by atoms with Gasteiger partial charge >= 0.3 is 5.91 Å². The molecule has 0 unspecified atom stereocenters. The molecule has 0 radical (unpaired) electrons. The number of carbonyl (C=O) groups excluding carboxylic acids is 1. The number of benzene rings is 1. The Balaban J connectivity index is 2.54. The van der Waals surface area contributed by atoms with Gasteiger partial charge in [0.1, 0.15) is 5.57 Å². The van der Waals surface area contributed by atoms with Crippen molar-refractivity contribution in [3.05, 3.63) is 46.5 Å². The topological polar surface area (TPSA) is 49.2 Å². The lowest BCUT2D eigenvalue weighted by Gasteiger charge is -1.94. The van der Waals surface area contributed by atoms with Crippen molar-refractivity contribution in [1.82, 2.24) is 5.43 Å². The molecule has 1 heterocycles. The maximum Gasteiger partial charge on any atom is 0.317 e. The summed E-state index contributed by atoms with van der Waals surface area (Å²) in [6, 6.07) is 9.13. The van der Waals surface area contributed by atoms with Crippen molar-refractivity contribution in [3.63, 3.8) is 0 Å². The molecule has 14 heavy (non-hydrogen) atoms. The molecule has 0 aromatic heterocycles. The van der Waals surface area contributed by atoms with Crippen LogP contribution in [-0.2, 0) is 4.79 Å². The van der Waals surface area contributed by atoms with Crippen molar-refractivity contribution in [2.75, 3.05) is 0 Å². The SMILES string of the molecule is CC1=C(c2ccccc2)C(=O)N[N+]1=O. The first-order chi connectivity index (χ1) is 6.70. The van der Waals surface area contributed by atoms with Gasteiger partial charge in [-0.15, -0.1) is 0 Å². The Labute approximate surface area is 80.8 Å². The molecule has 0 bridgehead atoms. The number of hydrogen-bond acceptors (Lipinski definition) is 2. The number of rotatable bonds is 1. The number of nitroso groups, excluding NO2 is 1. The van der Waals surface area contributed by atoms with Gasteiger partial charge in [0, 0.05) is 6.92 Å². The molecule has 1 aliphatic rings. The first-order valence-corrected chi connectivity index (χ1v) is 4.24. The van der Waals surface area contributed by atoms with Gasteiger partial charge in [-0.1, -0.05) is 35.8 Å². The predicted molar refractivity (Wildman–Crippen MR) is 50.8 cm³/mol. The zero-order valence-corrected chi connectivity index (χ0v) is 7.65. The summed E-state index contributed by atoms with van der Waals surface area (Å²) in [4.78, 5) is 23.0. The number of carbonyl (C=O) groups is 1. The van der Waals surface area contributed by atoms with Crippen LogP contribution in [0.1, 0.15) is 12.5 Å². The second-order valence-electron chi connectivity index (χ2n) is 3.06. The highest BCUT2D eigenvalue weighted by molar-refractivity contribution is 6.20. The smallest absolute Gasteiger partial charge is 0.263 e. The minimum Gasteiger partial charge on any atom is -0.263 e. The lowest BCUT2D eigenvalue weighted by molar-refractivity contribution is -0.539. The molecule has 2 rings (SSSR count). The molecule has 0 atom stereocenters. The summed E-state index contributed by atoms with van der Waals surface area (Å²) in [6.45, 7) is 1.62. The van der Waals surface area contributed by atoms with E-state index in [9.17, 15) is 9.70 Å². The van der Waals surface area contributed by atoms with Crippen LogP contribution in [0.2, 0.25) is 0 Å². The lowest BCUT2D eigenvalue weighted by atomic mass is 10.1. The van der Waals surface area contributed by atoms with Gasteiger partial charge in [0.05, 0.1) is 4.91 Å². The number of hydrogen-bond donors (Lipinski definition) is 1. The molecule has 1 N–H and O–H groups in total. The van der Waals surface area contributed by atoms with E-state index < -0.39 is 0 Å². The normalized spacial score (nSPS) is 16.1. The third kappa shape index (κ3) is 1.21. The molecule has 4 nitrogen and oxygen atoms in total. The zero-order chi connectivity index (χ0) is 10.1. The van der Waals surface area contributed by atoms with Crippen LogP contribution in [0.25, 0.3) is 5.57 Å². The van der Waals surface area contributed by atoms with Gasteiger partial charge in [0.15, 0.2) is 4.87 Å². The highest BCUT2D eigenvalue weighted by Crippen LogP contribution is 2.22. The summed E-state index contributed by atoms with van der Waals surface area (Å²) >= 11 is 0. The quantitative estimate of drug-likeness (QED) is 0.676. The Morgan fingerprint density at radius 3 is 2.36 bits per heavy atom. The summed E-state index contributed by atoms with van der Waals surface area (Å²) in [7, 11) is 0. The van der Waals surface area contributed by atoms with Crippen LogP contribution in [0.15, 0.2) is 36.0 Å². The summed E-state index contributed by atoms with van der Waals surface area (Å²) in [5.74, 6) is -0.344. The molecule has 0 saturated heterocycles. The lowest BCUT2D eigenvalue weighted by Crippen LogP contribution is -2.23. The monoisotopic (exact) mass is 189 g/mol. The predicted octanol–water partition coefficient (Wildman–Crippen LogP) is 1.24. The van der Waals surface area contributed by atoms with E-state index in [1.165, 1.54) is 0 Å². The van der Waals surface area contributed by atoms with E-state index in [0.29, 0.717) is 16.1 Å². The Kier molecular flexibility index (Phi) is 1.89. The molecule has 0 spiro atoms. The second kappa shape index (κ2) is 3.06. The molecule has 70 valence electrons. The zero-order valence-electron chi connectivity index (χ0n) is 7.65. The summed E-state index contributed by atoms with van der Waals surface area (Å²) < 4.78 is 0. The van der Waals surface area contributed by atoms with E-state index in [0.717, 1.165) is 5.56 Å². The molecule has 4 heteroatoms. The van der Waals surface area contributed by atoms with Gasteiger partial charge in [-0.3, -0.25) is 4.79 Å². The third-order valence-electron chi connectivity index (χ3n) is 2.16. The fourth-order valence-corrected chi connectivity index (χ4v) is 1.44. The van der Waals surface area contributed by atoms with Gasteiger partial charge < -0.3 is 0 Å². The number of amides is 1. The molecule has 1 aromatic rings. The van der Waals surface area contributed by atoms with Gasteiger partial charge in [-0.05, 0) is 5.56 Å². The average Bonchev–Trinajstić information content (AvgIpc) is 2.43.